The largest absolute Gasteiger partial charge is 0.455 e. The number of halogens is 1. The number of para-hydroxylation sites is 2. The highest BCUT2D eigenvalue weighted by Crippen LogP contribution is 2.34. The lowest BCUT2D eigenvalue weighted by Crippen LogP contribution is -2.46. The number of aromatic amines is 1. The van der Waals surface area contributed by atoms with Gasteiger partial charge >= 0.3 is 0 Å². The molecule has 2 saturated heterocycles. The van der Waals surface area contributed by atoms with Crippen molar-refractivity contribution in [1.82, 2.24) is 9.88 Å². The van der Waals surface area contributed by atoms with E-state index in [4.69, 9.17) is 9.47 Å². The van der Waals surface area contributed by atoms with Crippen LogP contribution in [0.25, 0.3) is 10.9 Å². The molecular formula is C31H35FN4O2. The number of ether oxygens (including phenoxy) is 2. The van der Waals surface area contributed by atoms with Gasteiger partial charge in [-0.25, -0.2) is 4.39 Å². The monoisotopic (exact) mass is 514 g/mol. The molecule has 0 bridgehead atoms. The van der Waals surface area contributed by atoms with E-state index in [1.165, 1.54) is 17.3 Å². The van der Waals surface area contributed by atoms with Crippen molar-refractivity contribution in [2.24, 2.45) is 0 Å². The molecule has 7 heteroatoms. The smallest absolute Gasteiger partial charge is 0.150 e. The van der Waals surface area contributed by atoms with Crippen LogP contribution in [0.1, 0.15) is 12.0 Å². The van der Waals surface area contributed by atoms with Crippen LogP contribution in [-0.2, 0) is 11.2 Å². The molecule has 6 rings (SSSR count). The summed E-state index contributed by atoms with van der Waals surface area (Å²) in [6.07, 6.45) is 4.03. The summed E-state index contributed by atoms with van der Waals surface area (Å²) >= 11 is 0. The van der Waals surface area contributed by atoms with Crippen LogP contribution in [0.4, 0.5) is 15.8 Å². The zero-order chi connectivity index (χ0) is 25.7. The van der Waals surface area contributed by atoms with Crippen LogP contribution in [0.2, 0.25) is 0 Å². The summed E-state index contributed by atoms with van der Waals surface area (Å²) in [5.74, 6) is 1.58. The van der Waals surface area contributed by atoms with Gasteiger partial charge in [-0.2, -0.15) is 0 Å². The minimum atomic E-state index is -0.177. The second-order valence-electron chi connectivity index (χ2n) is 10.1. The van der Waals surface area contributed by atoms with Crippen molar-refractivity contribution in [2.45, 2.75) is 12.8 Å². The van der Waals surface area contributed by atoms with Gasteiger partial charge in [0, 0.05) is 68.1 Å². The molecule has 6 nitrogen and oxygen atoms in total. The maximum absolute atomic E-state index is 13.7. The van der Waals surface area contributed by atoms with Gasteiger partial charge in [-0.15, -0.1) is 0 Å². The Morgan fingerprint density at radius 2 is 1.68 bits per heavy atom. The lowest BCUT2D eigenvalue weighted by atomic mass is 10.1. The Morgan fingerprint density at radius 3 is 2.55 bits per heavy atom. The van der Waals surface area contributed by atoms with Crippen LogP contribution in [0.3, 0.4) is 0 Å². The highest BCUT2D eigenvalue weighted by atomic mass is 19.1. The molecular weight excluding hydrogens is 479 g/mol. The molecule has 3 heterocycles. The standard InChI is InChI=1S/C31H35FN4O2/c32-25-10-11-29-28(21-25)24(23-33-29)5-4-12-34-13-15-36(16-14-34)30-8-1-2-9-31(30)38-27-7-3-6-26(22-27)35-17-19-37-20-18-35/h1-3,6-11,21-23,33H,4-5,12-20H2. The minimum Gasteiger partial charge on any atom is -0.455 e. The van der Waals surface area contributed by atoms with Gasteiger partial charge in [0.15, 0.2) is 5.75 Å². The fraction of sp³-hybridized carbons (Fsp3) is 0.355. The number of aryl methyl sites for hydroxylation is 1. The first-order valence-electron chi connectivity index (χ1n) is 13.7. The molecule has 0 spiro atoms. The number of hydrogen-bond acceptors (Lipinski definition) is 5. The Morgan fingerprint density at radius 1 is 0.842 bits per heavy atom. The molecule has 0 aliphatic carbocycles. The van der Waals surface area contributed by atoms with E-state index in [1.54, 1.807) is 6.07 Å². The fourth-order valence-electron chi connectivity index (χ4n) is 5.56. The number of fused-ring (bicyclic) bond motifs is 1. The number of nitrogens with zero attached hydrogens (tertiary/aromatic N) is 3. The summed E-state index contributed by atoms with van der Waals surface area (Å²) in [5, 5.41) is 1.00. The van der Waals surface area contributed by atoms with E-state index >= 15 is 0 Å². The molecule has 0 unspecified atom stereocenters. The zero-order valence-corrected chi connectivity index (χ0v) is 21.7. The van der Waals surface area contributed by atoms with Crippen molar-refractivity contribution < 1.29 is 13.9 Å². The van der Waals surface area contributed by atoms with E-state index in [0.29, 0.717) is 0 Å². The second-order valence-corrected chi connectivity index (χ2v) is 10.1. The summed E-state index contributed by atoms with van der Waals surface area (Å²) in [4.78, 5) is 10.6. The van der Waals surface area contributed by atoms with E-state index in [9.17, 15) is 4.39 Å². The molecule has 0 radical (unpaired) electrons. The summed E-state index contributed by atoms with van der Waals surface area (Å²) in [7, 11) is 0. The summed E-state index contributed by atoms with van der Waals surface area (Å²) in [6, 6.07) is 21.7. The number of morpholine rings is 1. The van der Waals surface area contributed by atoms with E-state index in [1.807, 2.05) is 24.4 Å². The maximum atomic E-state index is 13.7. The lowest BCUT2D eigenvalue weighted by Gasteiger charge is -2.36. The summed E-state index contributed by atoms with van der Waals surface area (Å²) in [5.41, 5.74) is 4.52. The van der Waals surface area contributed by atoms with Gasteiger partial charge in [-0.05, 0) is 67.4 Å². The normalized spacial score (nSPS) is 16.8. The predicted molar refractivity (Wildman–Crippen MR) is 151 cm³/mol. The Hall–Kier alpha value is -3.55. The first-order chi connectivity index (χ1) is 18.7. The van der Waals surface area contributed by atoms with E-state index in [-0.39, 0.29) is 5.82 Å². The Labute approximate surface area is 223 Å². The van der Waals surface area contributed by atoms with Crippen LogP contribution in [-0.4, -0.2) is 68.9 Å². The van der Waals surface area contributed by atoms with Crippen LogP contribution in [0.5, 0.6) is 11.5 Å². The Balaban J connectivity index is 1.04. The van der Waals surface area contributed by atoms with Gasteiger partial charge in [-0.3, -0.25) is 4.90 Å². The molecule has 3 aromatic carbocycles. The van der Waals surface area contributed by atoms with Gasteiger partial charge in [-0.1, -0.05) is 18.2 Å². The number of rotatable bonds is 8. The number of nitrogens with one attached hydrogen (secondary N) is 1. The fourth-order valence-corrected chi connectivity index (χ4v) is 5.56. The number of H-pyrrole nitrogens is 1. The van der Waals surface area contributed by atoms with Crippen molar-refractivity contribution in [3.8, 4) is 11.5 Å². The molecule has 0 saturated carbocycles. The highest BCUT2D eigenvalue weighted by molar-refractivity contribution is 5.83. The minimum absolute atomic E-state index is 0.177. The van der Waals surface area contributed by atoms with Crippen molar-refractivity contribution in [1.29, 1.82) is 0 Å². The predicted octanol–water partition coefficient (Wildman–Crippen LogP) is 5.69. The molecule has 1 aromatic heterocycles. The zero-order valence-electron chi connectivity index (χ0n) is 21.7. The van der Waals surface area contributed by atoms with E-state index in [0.717, 1.165) is 100.0 Å². The second kappa shape index (κ2) is 11.5. The van der Waals surface area contributed by atoms with Crippen molar-refractivity contribution in [3.63, 3.8) is 0 Å². The van der Waals surface area contributed by atoms with E-state index in [2.05, 4.69) is 56.1 Å². The average Bonchev–Trinajstić information content (AvgIpc) is 3.36. The van der Waals surface area contributed by atoms with Gasteiger partial charge in [0.2, 0.25) is 0 Å². The van der Waals surface area contributed by atoms with Crippen LogP contribution in [0.15, 0.2) is 72.9 Å². The molecule has 2 aliphatic heterocycles. The number of anilines is 2. The maximum Gasteiger partial charge on any atom is 0.150 e. The Bertz CT molecular complexity index is 1360. The molecule has 0 amide bonds. The van der Waals surface area contributed by atoms with Gasteiger partial charge in [0.25, 0.3) is 0 Å². The van der Waals surface area contributed by atoms with E-state index < -0.39 is 0 Å². The van der Waals surface area contributed by atoms with Crippen molar-refractivity contribution in [2.75, 3.05) is 68.8 Å². The number of hydrogen-bond donors (Lipinski definition) is 1. The van der Waals surface area contributed by atoms with Gasteiger partial charge in [0.05, 0.1) is 18.9 Å². The van der Waals surface area contributed by atoms with Crippen LogP contribution < -0.4 is 14.5 Å². The van der Waals surface area contributed by atoms with Crippen LogP contribution >= 0.6 is 0 Å². The van der Waals surface area contributed by atoms with Crippen LogP contribution in [0, 0.1) is 5.82 Å². The highest BCUT2D eigenvalue weighted by Gasteiger charge is 2.20. The topological polar surface area (TPSA) is 44.0 Å². The van der Waals surface area contributed by atoms with Crippen molar-refractivity contribution in [3.05, 3.63) is 84.3 Å². The third kappa shape index (κ3) is 5.64. The quantitative estimate of drug-likeness (QED) is 0.327. The summed E-state index contributed by atoms with van der Waals surface area (Å²) in [6.45, 7) is 8.36. The number of piperazine rings is 1. The molecule has 1 N–H and O–H groups in total. The molecule has 2 fully saturated rings. The average molecular weight is 515 g/mol. The third-order valence-corrected chi connectivity index (χ3v) is 7.65. The first-order valence-corrected chi connectivity index (χ1v) is 13.7. The lowest BCUT2D eigenvalue weighted by molar-refractivity contribution is 0.122. The molecule has 4 aromatic rings. The molecule has 198 valence electrons. The summed E-state index contributed by atoms with van der Waals surface area (Å²) < 4.78 is 25.6. The molecule has 0 atom stereocenters. The number of benzene rings is 3. The molecule has 2 aliphatic rings. The first kappa shape index (κ1) is 24.8. The molecule has 38 heavy (non-hydrogen) atoms. The third-order valence-electron chi connectivity index (χ3n) is 7.65. The Kier molecular flexibility index (Phi) is 7.47. The van der Waals surface area contributed by atoms with Gasteiger partial charge < -0.3 is 24.3 Å². The number of aromatic nitrogens is 1. The van der Waals surface area contributed by atoms with Gasteiger partial charge in [0.1, 0.15) is 11.6 Å². The van der Waals surface area contributed by atoms with Crippen molar-refractivity contribution >= 4 is 22.3 Å². The SMILES string of the molecule is Fc1ccc2[nH]cc(CCCN3CCN(c4ccccc4Oc4cccc(N5CCOCC5)c4)CC3)c2c1.